The SMILES string of the molecule is O[C@]12CCOC[C@@H]1CCCC2Nc1ccc(F)cc1. The van der Waals surface area contributed by atoms with E-state index >= 15 is 0 Å². The van der Waals surface area contributed by atoms with E-state index in [4.69, 9.17) is 4.74 Å². The molecule has 1 saturated heterocycles. The van der Waals surface area contributed by atoms with Crippen LogP contribution in [0.1, 0.15) is 25.7 Å². The maximum Gasteiger partial charge on any atom is 0.123 e. The molecule has 0 bridgehead atoms. The Labute approximate surface area is 112 Å². The molecule has 104 valence electrons. The standard InChI is InChI=1S/C15H20FNO2/c16-12-4-6-13(7-5-12)17-14-3-1-2-11-10-19-9-8-15(11,14)18/h4-7,11,14,17-18H,1-3,8-10H2/t11-,14?,15+/m0/s1. The first kappa shape index (κ1) is 12.9. The molecule has 2 N–H and O–H groups in total. The summed E-state index contributed by atoms with van der Waals surface area (Å²) in [6.07, 6.45) is 3.74. The molecule has 1 aliphatic carbocycles. The van der Waals surface area contributed by atoms with E-state index < -0.39 is 5.60 Å². The van der Waals surface area contributed by atoms with E-state index in [-0.39, 0.29) is 17.8 Å². The number of hydrogen-bond donors (Lipinski definition) is 2. The van der Waals surface area contributed by atoms with Gasteiger partial charge in [0.1, 0.15) is 5.82 Å². The molecule has 1 aromatic rings. The molecular formula is C15H20FNO2. The Bertz CT molecular complexity index is 434. The average Bonchev–Trinajstić information content (AvgIpc) is 2.42. The molecule has 19 heavy (non-hydrogen) atoms. The lowest BCUT2D eigenvalue weighted by Crippen LogP contribution is -2.58. The minimum Gasteiger partial charge on any atom is -0.387 e. The van der Waals surface area contributed by atoms with Gasteiger partial charge >= 0.3 is 0 Å². The highest BCUT2D eigenvalue weighted by molar-refractivity contribution is 5.44. The maximum atomic E-state index is 12.9. The van der Waals surface area contributed by atoms with Crippen LogP contribution in [0.25, 0.3) is 0 Å². The van der Waals surface area contributed by atoms with Gasteiger partial charge in [-0.1, -0.05) is 6.42 Å². The normalized spacial score (nSPS) is 34.6. The van der Waals surface area contributed by atoms with Gasteiger partial charge in [-0.2, -0.15) is 0 Å². The van der Waals surface area contributed by atoms with Gasteiger partial charge in [-0.15, -0.1) is 0 Å². The van der Waals surface area contributed by atoms with Crippen molar-refractivity contribution in [2.45, 2.75) is 37.3 Å². The van der Waals surface area contributed by atoms with Crippen LogP contribution in [-0.2, 0) is 4.74 Å². The number of anilines is 1. The molecule has 3 nitrogen and oxygen atoms in total. The Morgan fingerprint density at radius 1 is 1.26 bits per heavy atom. The molecule has 4 heteroatoms. The Morgan fingerprint density at radius 2 is 2.05 bits per heavy atom. The zero-order valence-corrected chi connectivity index (χ0v) is 10.9. The van der Waals surface area contributed by atoms with Crippen molar-refractivity contribution in [3.63, 3.8) is 0 Å². The first-order valence-electron chi connectivity index (χ1n) is 7.01. The molecular weight excluding hydrogens is 245 g/mol. The van der Waals surface area contributed by atoms with Crippen molar-refractivity contribution in [1.29, 1.82) is 0 Å². The molecule has 0 amide bonds. The lowest BCUT2D eigenvalue weighted by Gasteiger charge is -2.48. The number of aliphatic hydroxyl groups is 1. The van der Waals surface area contributed by atoms with Crippen LogP contribution < -0.4 is 5.32 Å². The second-order valence-electron chi connectivity index (χ2n) is 5.65. The number of fused-ring (bicyclic) bond motifs is 1. The number of benzene rings is 1. The van der Waals surface area contributed by atoms with Crippen LogP contribution in [0, 0.1) is 11.7 Å². The molecule has 0 radical (unpaired) electrons. The third kappa shape index (κ3) is 2.47. The highest BCUT2D eigenvalue weighted by atomic mass is 19.1. The summed E-state index contributed by atoms with van der Waals surface area (Å²) in [5.41, 5.74) is 0.178. The van der Waals surface area contributed by atoms with Gasteiger partial charge in [0.25, 0.3) is 0 Å². The summed E-state index contributed by atoms with van der Waals surface area (Å²) >= 11 is 0. The van der Waals surface area contributed by atoms with Crippen LogP contribution in [0.3, 0.4) is 0 Å². The van der Waals surface area contributed by atoms with E-state index in [2.05, 4.69) is 5.32 Å². The van der Waals surface area contributed by atoms with Crippen molar-refractivity contribution in [2.24, 2.45) is 5.92 Å². The van der Waals surface area contributed by atoms with Crippen LogP contribution in [0.4, 0.5) is 10.1 Å². The summed E-state index contributed by atoms with van der Waals surface area (Å²) in [5, 5.41) is 14.3. The van der Waals surface area contributed by atoms with E-state index in [9.17, 15) is 9.50 Å². The van der Waals surface area contributed by atoms with Crippen LogP contribution in [0.15, 0.2) is 24.3 Å². The van der Waals surface area contributed by atoms with Crippen molar-refractivity contribution >= 4 is 5.69 Å². The second kappa shape index (κ2) is 5.10. The molecule has 0 aromatic heterocycles. The predicted octanol–water partition coefficient (Wildman–Crippen LogP) is 2.56. The quantitative estimate of drug-likeness (QED) is 0.863. The van der Waals surface area contributed by atoms with Crippen molar-refractivity contribution in [3.8, 4) is 0 Å². The molecule has 2 fully saturated rings. The third-order valence-electron chi connectivity index (χ3n) is 4.51. The molecule has 1 aromatic carbocycles. The lowest BCUT2D eigenvalue weighted by molar-refractivity contribution is -0.137. The Morgan fingerprint density at radius 3 is 2.84 bits per heavy atom. The Kier molecular flexibility index (Phi) is 3.46. The summed E-state index contributed by atoms with van der Waals surface area (Å²) < 4.78 is 18.4. The third-order valence-corrected chi connectivity index (χ3v) is 4.51. The van der Waals surface area contributed by atoms with Gasteiger partial charge in [-0.05, 0) is 37.1 Å². The summed E-state index contributed by atoms with van der Waals surface area (Å²) in [4.78, 5) is 0. The van der Waals surface area contributed by atoms with E-state index in [1.165, 1.54) is 12.1 Å². The number of nitrogens with one attached hydrogen (secondary N) is 1. The molecule has 2 aliphatic rings. The zero-order valence-electron chi connectivity index (χ0n) is 10.9. The molecule has 1 aliphatic heterocycles. The van der Waals surface area contributed by atoms with E-state index in [1.807, 2.05) is 0 Å². The number of hydrogen-bond acceptors (Lipinski definition) is 3. The summed E-state index contributed by atoms with van der Waals surface area (Å²) in [5.74, 6) is -0.0233. The van der Waals surface area contributed by atoms with Gasteiger partial charge in [0.15, 0.2) is 0 Å². The minimum absolute atomic E-state index is 0.0283. The van der Waals surface area contributed by atoms with Gasteiger partial charge in [0.05, 0.1) is 18.2 Å². The summed E-state index contributed by atoms with van der Waals surface area (Å²) in [6, 6.07) is 6.36. The van der Waals surface area contributed by atoms with Crippen molar-refractivity contribution in [2.75, 3.05) is 18.5 Å². The predicted molar refractivity (Wildman–Crippen MR) is 71.5 cm³/mol. The number of halogens is 1. The molecule has 3 rings (SSSR count). The van der Waals surface area contributed by atoms with Crippen LogP contribution in [0.2, 0.25) is 0 Å². The van der Waals surface area contributed by atoms with E-state index in [0.29, 0.717) is 19.6 Å². The smallest absolute Gasteiger partial charge is 0.123 e. The largest absolute Gasteiger partial charge is 0.387 e. The topological polar surface area (TPSA) is 41.5 Å². The lowest BCUT2D eigenvalue weighted by atomic mass is 9.69. The fourth-order valence-electron chi connectivity index (χ4n) is 3.36. The van der Waals surface area contributed by atoms with Gasteiger partial charge in [-0.3, -0.25) is 0 Å². The van der Waals surface area contributed by atoms with Gasteiger partial charge in [0.2, 0.25) is 0 Å². The van der Waals surface area contributed by atoms with E-state index in [0.717, 1.165) is 24.9 Å². The highest BCUT2D eigenvalue weighted by Gasteiger charge is 2.47. The van der Waals surface area contributed by atoms with Crippen molar-refractivity contribution < 1.29 is 14.2 Å². The monoisotopic (exact) mass is 265 g/mol. The molecule has 1 unspecified atom stereocenters. The maximum absolute atomic E-state index is 12.9. The Balaban J connectivity index is 1.77. The van der Waals surface area contributed by atoms with Gasteiger partial charge < -0.3 is 15.2 Å². The number of ether oxygens (including phenoxy) is 1. The Hall–Kier alpha value is -1.13. The minimum atomic E-state index is -0.690. The first-order valence-corrected chi connectivity index (χ1v) is 7.01. The zero-order chi connectivity index (χ0) is 13.3. The van der Waals surface area contributed by atoms with Crippen molar-refractivity contribution in [3.05, 3.63) is 30.1 Å². The van der Waals surface area contributed by atoms with E-state index in [1.54, 1.807) is 12.1 Å². The molecule has 0 spiro atoms. The summed E-state index contributed by atoms with van der Waals surface area (Å²) in [6.45, 7) is 1.27. The summed E-state index contributed by atoms with van der Waals surface area (Å²) in [7, 11) is 0. The van der Waals surface area contributed by atoms with Crippen LogP contribution >= 0.6 is 0 Å². The van der Waals surface area contributed by atoms with Gasteiger partial charge in [-0.25, -0.2) is 4.39 Å². The molecule has 1 saturated carbocycles. The van der Waals surface area contributed by atoms with Crippen LogP contribution in [-0.4, -0.2) is 30.0 Å². The first-order chi connectivity index (χ1) is 9.18. The second-order valence-corrected chi connectivity index (χ2v) is 5.65. The fourth-order valence-corrected chi connectivity index (χ4v) is 3.36. The van der Waals surface area contributed by atoms with Crippen LogP contribution in [0.5, 0.6) is 0 Å². The highest BCUT2D eigenvalue weighted by Crippen LogP contribution is 2.40. The van der Waals surface area contributed by atoms with Crippen molar-refractivity contribution in [1.82, 2.24) is 0 Å². The number of rotatable bonds is 2. The van der Waals surface area contributed by atoms with Gasteiger partial charge in [0, 0.05) is 24.6 Å². The molecule has 3 atom stereocenters. The molecule has 1 heterocycles. The average molecular weight is 265 g/mol. The fraction of sp³-hybridized carbons (Fsp3) is 0.600.